The third kappa shape index (κ3) is 2.85. The molecule has 1 aromatic carbocycles. The first-order chi connectivity index (χ1) is 9.52. The second-order valence-electron chi connectivity index (χ2n) is 4.36. The van der Waals surface area contributed by atoms with Crippen LogP contribution in [-0.4, -0.2) is 20.7 Å². The third-order valence-corrected chi connectivity index (χ3v) is 3.19. The molecule has 6 heteroatoms. The zero-order valence-electron chi connectivity index (χ0n) is 11.4. The lowest BCUT2D eigenvalue weighted by molar-refractivity contribution is 0.101. The number of para-hydroxylation sites is 1. The number of nitrogens with two attached hydrogens (primary N) is 1. The average Bonchev–Trinajstić information content (AvgIpc) is 2.80. The van der Waals surface area contributed by atoms with Crippen LogP contribution in [0.25, 0.3) is 0 Å². The van der Waals surface area contributed by atoms with Gasteiger partial charge in [-0.2, -0.15) is 5.10 Å². The normalized spacial score (nSPS) is 10.3. The molecular weight excluding hydrogens is 272 g/mol. The van der Waals surface area contributed by atoms with Crippen molar-refractivity contribution in [3.8, 4) is 0 Å². The molecule has 0 fully saturated rings. The van der Waals surface area contributed by atoms with E-state index < -0.39 is 0 Å². The molecule has 0 aliphatic heterocycles. The fraction of sp³-hybridized carbons (Fsp3) is 0.214. The van der Waals surface area contributed by atoms with Crippen molar-refractivity contribution in [1.29, 1.82) is 0 Å². The number of thiocarbonyl (C=S) groups is 1. The first-order valence-electron chi connectivity index (χ1n) is 6.26. The summed E-state index contributed by atoms with van der Waals surface area (Å²) in [5, 5.41) is 7.07. The van der Waals surface area contributed by atoms with E-state index in [0.717, 1.165) is 12.1 Å². The number of carbonyl (C=O) groups is 1. The summed E-state index contributed by atoms with van der Waals surface area (Å²) in [6.07, 6.45) is 0.782. The predicted molar refractivity (Wildman–Crippen MR) is 82.9 cm³/mol. The Hall–Kier alpha value is -2.21. The van der Waals surface area contributed by atoms with Gasteiger partial charge in [-0.25, -0.2) is 0 Å². The number of aryl methyl sites for hydroxylation is 2. The zero-order valence-corrected chi connectivity index (χ0v) is 12.2. The van der Waals surface area contributed by atoms with E-state index in [2.05, 4.69) is 10.4 Å². The maximum atomic E-state index is 12.3. The second-order valence-corrected chi connectivity index (χ2v) is 4.80. The number of rotatable bonds is 4. The lowest BCUT2D eigenvalue weighted by Crippen LogP contribution is -2.19. The molecule has 5 nitrogen and oxygen atoms in total. The molecule has 104 valence electrons. The molecule has 0 unspecified atom stereocenters. The molecule has 3 N–H and O–H groups in total. The van der Waals surface area contributed by atoms with Gasteiger partial charge in [-0.3, -0.25) is 9.48 Å². The molecule has 2 rings (SSSR count). The smallest absolute Gasteiger partial charge is 0.273 e. The summed E-state index contributed by atoms with van der Waals surface area (Å²) >= 11 is 4.98. The molecule has 2 aromatic rings. The highest BCUT2D eigenvalue weighted by Gasteiger charge is 2.14. The summed E-state index contributed by atoms with van der Waals surface area (Å²) < 4.78 is 1.57. The summed E-state index contributed by atoms with van der Waals surface area (Å²) in [6, 6.07) is 8.96. The maximum Gasteiger partial charge on any atom is 0.273 e. The molecule has 20 heavy (non-hydrogen) atoms. The molecule has 0 aliphatic carbocycles. The van der Waals surface area contributed by atoms with Gasteiger partial charge in [0.15, 0.2) is 0 Å². The number of hydrogen-bond donors (Lipinski definition) is 2. The zero-order chi connectivity index (χ0) is 14.7. The quantitative estimate of drug-likeness (QED) is 0.842. The summed E-state index contributed by atoms with van der Waals surface area (Å²) in [5.41, 5.74) is 8.27. The Bertz CT molecular complexity index is 663. The van der Waals surface area contributed by atoms with Crippen LogP contribution in [0.5, 0.6) is 0 Å². The van der Waals surface area contributed by atoms with Crippen molar-refractivity contribution in [2.75, 3.05) is 5.32 Å². The highest BCUT2D eigenvalue weighted by molar-refractivity contribution is 7.80. The van der Waals surface area contributed by atoms with Gasteiger partial charge in [-0.05, 0) is 24.6 Å². The van der Waals surface area contributed by atoms with Crippen LogP contribution in [0.3, 0.4) is 0 Å². The fourth-order valence-electron chi connectivity index (χ4n) is 1.91. The van der Waals surface area contributed by atoms with Crippen molar-refractivity contribution in [1.82, 2.24) is 9.78 Å². The maximum absolute atomic E-state index is 12.3. The Morgan fingerprint density at radius 2 is 2.15 bits per heavy atom. The number of nitrogens with one attached hydrogen (secondary N) is 1. The number of carbonyl (C=O) groups excluding carboxylic acids is 1. The van der Waals surface area contributed by atoms with Crippen molar-refractivity contribution >= 4 is 28.8 Å². The Labute approximate surface area is 122 Å². The van der Waals surface area contributed by atoms with E-state index in [1.807, 2.05) is 19.1 Å². The number of benzene rings is 1. The van der Waals surface area contributed by atoms with Crippen molar-refractivity contribution in [3.05, 3.63) is 47.3 Å². The highest BCUT2D eigenvalue weighted by Crippen LogP contribution is 2.16. The number of nitrogens with zero attached hydrogens (tertiary/aromatic N) is 2. The Kier molecular flexibility index (Phi) is 4.14. The van der Waals surface area contributed by atoms with Crippen LogP contribution in [0.1, 0.15) is 28.7 Å². The van der Waals surface area contributed by atoms with Crippen molar-refractivity contribution < 1.29 is 4.79 Å². The minimum Gasteiger partial charge on any atom is -0.389 e. The standard InChI is InChI=1S/C14H16N4OS/c1-3-9-8-12(18(2)17-9)14(19)16-11-7-5-4-6-10(11)13(15)20/h4-8H,3H2,1-2H3,(H2,15,20)(H,16,19). The van der Waals surface area contributed by atoms with E-state index in [1.165, 1.54) is 0 Å². The molecule has 1 heterocycles. The third-order valence-electron chi connectivity index (χ3n) is 2.97. The molecular formula is C14H16N4OS. The minimum atomic E-state index is -0.233. The van der Waals surface area contributed by atoms with Gasteiger partial charge in [0.25, 0.3) is 5.91 Å². The van der Waals surface area contributed by atoms with Crippen LogP contribution in [0.2, 0.25) is 0 Å². The molecule has 0 aliphatic rings. The van der Waals surface area contributed by atoms with Gasteiger partial charge in [0.1, 0.15) is 10.7 Å². The van der Waals surface area contributed by atoms with Crippen molar-refractivity contribution in [2.45, 2.75) is 13.3 Å². The van der Waals surface area contributed by atoms with Gasteiger partial charge < -0.3 is 11.1 Å². The van der Waals surface area contributed by atoms with Gasteiger partial charge in [0.2, 0.25) is 0 Å². The molecule has 0 saturated heterocycles. The van der Waals surface area contributed by atoms with Gasteiger partial charge in [0, 0.05) is 12.6 Å². The molecule has 1 amide bonds. The lowest BCUT2D eigenvalue weighted by Gasteiger charge is -2.09. The van der Waals surface area contributed by atoms with Crippen LogP contribution >= 0.6 is 12.2 Å². The van der Waals surface area contributed by atoms with Gasteiger partial charge >= 0.3 is 0 Å². The van der Waals surface area contributed by atoms with E-state index in [-0.39, 0.29) is 10.9 Å². The van der Waals surface area contributed by atoms with Crippen LogP contribution in [-0.2, 0) is 13.5 Å². The lowest BCUT2D eigenvalue weighted by atomic mass is 10.1. The van der Waals surface area contributed by atoms with Crippen molar-refractivity contribution in [3.63, 3.8) is 0 Å². The SMILES string of the molecule is CCc1cc(C(=O)Nc2ccccc2C(N)=S)n(C)n1. The summed E-state index contributed by atoms with van der Waals surface area (Å²) in [7, 11) is 1.74. The monoisotopic (exact) mass is 288 g/mol. The second kappa shape index (κ2) is 5.83. The van der Waals surface area contributed by atoms with Gasteiger partial charge in [0.05, 0.1) is 11.4 Å². The first-order valence-corrected chi connectivity index (χ1v) is 6.66. The van der Waals surface area contributed by atoms with E-state index in [0.29, 0.717) is 16.9 Å². The molecule has 0 bridgehead atoms. The molecule has 0 radical (unpaired) electrons. The van der Waals surface area contributed by atoms with Crippen LogP contribution in [0.15, 0.2) is 30.3 Å². The fourth-order valence-corrected chi connectivity index (χ4v) is 2.08. The number of amides is 1. The predicted octanol–water partition coefficient (Wildman–Crippen LogP) is 1.87. The molecule has 0 spiro atoms. The van der Waals surface area contributed by atoms with Crippen LogP contribution in [0, 0.1) is 0 Å². The average molecular weight is 288 g/mol. The molecule has 0 atom stereocenters. The number of aromatic nitrogens is 2. The summed E-state index contributed by atoms with van der Waals surface area (Å²) in [4.78, 5) is 12.5. The van der Waals surface area contributed by atoms with Crippen LogP contribution in [0.4, 0.5) is 5.69 Å². The van der Waals surface area contributed by atoms with Gasteiger partial charge in [-0.1, -0.05) is 31.3 Å². The summed E-state index contributed by atoms with van der Waals surface area (Å²) in [5.74, 6) is -0.233. The molecule has 1 aromatic heterocycles. The van der Waals surface area contributed by atoms with E-state index in [9.17, 15) is 4.79 Å². The number of anilines is 1. The Balaban J connectivity index is 2.28. The van der Waals surface area contributed by atoms with E-state index >= 15 is 0 Å². The van der Waals surface area contributed by atoms with Crippen LogP contribution < -0.4 is 11.1 Å². The largest absolute Gasteiger partial charge is 0.389 e. The minimum absolute atomic E-state index is 0.233. The van der Waals surface area contributed by atoms with Crippen molar-refractivity contribution in [2.24, 2.45) is 12.8 Å². The Morgan fingerprint density at radius 3 is 2.75 bits per heavy atom. The summed E-state index contributed by atoms with van der Waals surface area (Å²) in [6.45, 7) is 1.99. The van der Waals surface area contributed by atoms with E-state index in [1.54, 1.807) is 29.9 Å². The topological polar surface area (TPSA) is 72.9 Å². The first kappa shape index (κ1) is 14.2. The highest BCUT2D eigenvalue weighted by atomic mass is 32.1. The van der Waals surface area contributed by atoms with E-state index in [4.69, 9.17) is 18.0 Å². The number of hydrogen-bond acceptors (Lipinski definition) is 3. The Morgan fingerprint density at radius 1 is 1.45 bits per heavy atom. The molecule has 0 saturated carbocycles. The van der Waals surface area contributed by atoms with Gasteiger partial charge in [-0.15, -0.1) is 0 Å².